The maximum absolute atomic E-state index is 5.64. The van der Waals surface area contributed by atoms with Crippen LogP contribution in [0.1, 0.15) is 33.1 Å². The maximum atomic E-state index is 5.64. The Balaban J connectivity index is 2.36. The summed E-state index contributed by atoms with van der Waals surface area (Å²) in [6, 6.07) is 0. The van der Waals surface area contributed by atoms with Crippen LogP contribution in [0.3, 0.4) is 0 Å². The summed E-state index contributed by atoms with van der Waals surface area (Å²) in [7, 11) is 0. The first-order valence-electron chi connectivity index (χ1n) is 4.44. The Bertz CT molecular complexity index is 101. The highest BCUT2D eigenvalue weighted by Crippen LogP contribution is 2.32. The summed E-state index contributed by atoms with van der Waals surface area (Å²) in [5.74, 6) is 2.63. The van der Waals surface area contributed by atoms with E-state index >= 15 is 0 Å². The summed E-state index contributed by atoms with van der Waals surface area (Å²) >= 11 is 0. The van der Waals surface area contributed by atoms with Crippen molar-refractivity contribution in [2.24, 2.45) is 23.5 Å². The normalized spacial score (nSPS) is 41.7. The van der Waals surface area contributed by atoms with Gasteiger partial charge in [-0.1, -0.05) is 20.3 Å². The van der Waals surface area contributed by atoms with Crippen molar-refractivity contribution in [3.05, 3.63) is 0 Å². The van der Waals surface area contributed by atoms with E-state index in [1.807, 2.05) is 0 Å². The molecule has 1 saturated carbocycles. The fraction of sp³-hybridized carbons (Fsp3) is 1.00. The van der Waals surface area contributed by atoms with Gasteiger partial charge in [0.2, 0.25) is 0 Å². The van der Waals surface area contributed by atoms with Crippen molar-refractivity contribution in [1.29, 1.82) is 0 Å². The molecule has 1 heteroatoms. The van der Waals surface area contributed by atoms with Crippen molar-refractivity contribution in [3.63, 3.8) is 0 Å². The molecule has 0 aromatic heterocycles. The second-order valence-corrected chi connectivity index (χ2v) is 3.89. The van der Waals surface area contributed by atoms with Gasteiger partial charge in [0.1, 0.15) is 0 Å². The highest BCUT2D eigenvalue weighted by Gasteiger charge is 2.23. The van der Waals surface area contributed by atoms with E-state index in [4.69, 9.17) is 5.73 Å². The highest BCUT2D eigenvalue weighted by molar-refractivity contribution is 4.75. The molecule has 0 radical (unpaired) electrons. The summed E-state index contributed by atoms with van der Waals surface area (Å²) in [6.07, 6.45) is 4.15. The molecule has 0 spiro atoms. The van der Waals surface area contributed by atoms with Crippen LogP contribution < -0.4 is 5.73 Å². The van der Waals surface area contributed by atoms with Crippen LogP contribution in [-0.2, 0) is 0 Å². The van der Waals surface area contributed by atoms with E-state index in [0.29, 0.717) is 0 Å². The van der Waals surface area contributed by atoms with Crippen LogP contribution in [0, 0.1) is 17.8 Å². The van der Waals surface area contributed by atoms with E-state index < -0.39 is 0 Å². The average molecular weight is 141 g/mol. The zero-order valence-electron chi connectivity index (χ0n) is 7.14. The minimum absolute atomic E-state index is 0.816. The van der Waals surface area contributed by atoms with Crippen molar-refractivity contribution in [2.45, 2.75) is 33.1 Å². The molecule has 1 rings (SSSR count). The standard InChI is InChI=1S/C9H19N/c1-7-3-4-9(6-10)8(2)5-7/h7-9H,3-6,10H2,1-2H3/t7?,8-,9?/m0/s1. The summed E-state index contributed by atoms with van der Waals surface area (Å²) in [5, 5.41) is 0. The van der Waals surface area contributed by atoms with Crippen molar-refractivity contribution in [3.8, 4) is 0 Å². The predicted molar refractivity (Wildman–Crippen MR) is 44.7 cm³/mol. The first-order chi connectivity index (χ1) is 4.74. The number of hydrogen-bond donors (Lipinski definition) is 1. The topological polar surface area (TPSA) is 26.0 Å². The van der Waals surface area contributed by atoms with Crippen LogP contribution in [0.25, 0.3) is 0 Å². The first-order valence-corrected chi connectivity index (χ1v) is 4.44. The molecule has 2 unspecified atom stereocenters. The lowest BCUT2D eigenvalue weighted by Gasteiger charge is -2.31. The van der Waals surface area contributed by atoms with Gasteiger partial charge < -0.3 is 5.73 Å². The lowest BCUT2D eigenvalue weighted by Crippen LogP contribution is -2.27. The SMILES string of the molecule is CC1CCC(CN)[C@@H](C)C1. The molecule has 2 N–H and O–H groups in total. The van der Waals surface area contributed by atoms with Crippen molar-refractivity contribution in [1.82, 2.24) is 0 Å². The van der Waals surface area contributed by atoms with Gasteiger partial charge in [0, 0.05) is 0 Å². The molecule has 0 amide bonds. The molecule has 0 bridgehead atoms. The van der Waals surface area contributed by atoms with E-state index in [0.717, 1.165) is 24.3 Å². The Kier molecular flexibility index (Phi) is 2.72. The molecule has 0 heterocycles. The molecule has 1 nitrogen and oxygen atoms in total. The molecule has 0 saturated heterocycles. The van der Waals surface area contributed by atoms with Gasteiger partial charge in [-0.05, 0) is 37.1 Å². The molecule has 60 valence electrons. The molecule has 10 heavy (non-hydrogen) atoms. The van der Waals surface area contributed by atoms with Gasteiger partial charge in [0.15, 0.2) is 0 Å². The van der Waals surface area contributed by atoms with Crippen LogP contribution in [0.15, 0.2) is 0 Å². The summed E-state index contributed by atoms with van der Waals surface area (Å²) in [6.45, 7) is 5.59. The van der Waals surface area contributed by atoms with Crippen LogP contribution in [0.4, 0.5) is 0 Å². The van der Waals surface area contributed by atoms with Gasteiger partial charge in [-0.25, -0.2) is 0 Å². The maximum Gasteiger partial charge on any atom is -0.00463 e. The minimum atomic E-state index is 0.816. The Morgan fingerprint density at radius 3 is 2.50 bits per heavy atom. The second kappa shape index (κ2) is 3.38. The molecular weight excluding hydrogens is 122 g/mol. The van der Waals surface area contributed by atoms with Crippen LogP contribution >= 0.6 is 0 Å². The highest BCUT2D eigenvalue weighted by atomic mass is 14.6. The van der Waals surface area contributed by atoms with Crippen LogP contribution in [0.2, 0.25) is 0 Å². The minimum Gasteiger partial charge on any atom is -0.330 e. The van der Waals surface area contributed by atoms with Crippen molar-refractivity contribution >= 4 is 0 Å². The van der Waals surface area contributed by atoms with Gasteiger partial charge in [0.25, 0.3) is 0 Å². The summed E-state index contributed by atoms with van der Waals surface area (Å²) in [5.41, 5.74) is 5.64. The third-order valence-corrected chi connectivity index (χ3v) is 2.91. The van der Waals surface area contributed by atoms with E-state index in [1.54, 1.807) is 0 Å². The lowest BCUT2D eigenvalue weighted by molar-refractivity contribution is 0.210. The van der Waals surface area contributed by atoms with Gasteiger partial charge in [-0.15, -0.1) is 0 Å². The van der Waals surface area contributed by atoms with Crippen molar-refractivity contribution < 1.29 is 0 Å². The van der Waals surface area contributed by atoms with E-state index in [9.17, 15) is 0 Å². The van der Waals surface area contributed by atoms with Crippen LogP contribution in [0.5, 0.6) is 0 Å². The molecule has 0 aliphatic heterocycles. The van der Waals surface area contributed by atoms with Gasteiger partial charge in [-0.3, -0.25) is 0 Å². The summed E-state index contributed by atoms with van der Waals surface area (Å²) < 4.78 is 0. The molecule has 1 aliphatic rings. The van der Waals surface area contributed by atoms with Gasteiger partial charge in [0.05, 0.1) is 0 Å². The zero-order valence-corrected chi connectivity index (χ0v) is 7.14. The molecule has 1 fully saturated rings. The predicted octanol–water partition coefficient (Wildman–Crippen LogP) is 2.02. The smallest absolute Gasteiger partial charge is 0.00463 e. The molecule has 0 aromatic rings. The summed E-state index contributed by atoms with van der Waals surface area (Å²) in [4.78, 5) is 0. The zero-order chi connectivity index (χ0) is 7.56. The van der Waals surface area contributed by atoms with E-state index in [-0.39, 0.29) is 0 Å². The van der Waals surface area contributed by atoms with Crippen molar-refractivity contribution in [2.75, 3.05) is 6.54 Å². The van der Waals surface area contributed by atoms with E-state index in [2.05, 4.69) is 13.8 Å². The monoisotopic (exact) mass is 141 g/mol. The fourth-order valence-electron chi connectivity index (χ4n) is 2.08. The third-order valence-electron chi connectivity index (χ3n) is 2.91. The van der Waals surface area contributed by atoms with Gasteiger partial charge in [-0.2, -0.15) is 0 Å². The fourth-order valence-corrected chi connectivity index (χ4v) is 2.08. The molecular formula is C9H19N. The molecule has 3 atom stereocenters. The average Bonchev–Trinajstić information content (AvgIpc) is 1.88. The Morgan fingerprint density at radius 1 is 1.30 bits per heavy atom. The largest absolute Gasteiger partial charge is 0.330 e. The molecule has 0 aromatic carbocycles. The van der Waals surface area contributed by atoms with Gasteiger partial charge >= 0.3 is 0 Å². The van der Waals surface area contributed by atoms with Crippen LogP contribution in [-0.4, -0.2) is 6.54 Å². The lowest BCUT2D eigenvalue weighted by atomic mass is 9.76. The second-order valence-electron chi connectivity index (χ2n) is 3.89. The quantitative estimate of drug-likeness (QED) is 0.594. The number of rotatable bonds is 1. The first kappa shape index (κ1) is 8.06. The Morgan fingerprint density at radius 2 is 2.00 bits per heavy atom. The number of nitrogens with two attached hydrogens (primary N) is 1. The Labute approximate surface area is 64.0 Å². The molecule has 1 aliphatic carbocycles. The van der Waals surface area contributed by atoms with E-state index in [1.165, 1.54) is 19.3 Å². The Hall–Kier alpha value is -0.0400. The third kappa shape index (κ3) is 1.72. The number of hydrogen-bond acceptors (Lipinski definition) is 1.